The number of aromatic nitrogens is 2. The monoisotopic (exact) mass is 434 g/mol. The highest BCUT2D eigenvalue weighted by Crippen LogP contribution is 2.23. The molecule has 4 aromatic rings. The number of pyridine rings is 2. The van der Waals surface area contributed by atoms with E-state index in [4.69, 9.17) is 11.6 Å². The van der Waals surface area contributed by atoms with Crippen molar-refractivity contribution in [3.05, 3.63) is 94.9 Å². The molecule has 0 aliphatic carbocycles. The molecule has 0 saturated carbocycles. The zero-order valence-corrected chi connectivity index (χ0v) is 16.9. The molecule has 2 heterocycles. The molecule has 0 aliphatic heterocycles. The number of fused-ring (bicyclic) bond motifs is 1. The van der Waals surface area contributed by atoms with Crippen LogP contribution >= 0.6 is 11.6 Å². The van der Waals surface area contributed by atoms with Crippen LogP contribution in [0.1, 0.15) is 15.9 Å². The maximum Gasteiger partial charge on any atom is 0.270 e. The van der Waals surface area contributed by atoms with Crippen molar-refractivity contribution in [3.8, 4) is 11.4 Å². The fraction of sp³-hybridized carbons (Fsp3) is 0.0435. The highest BCUT2D eigenvalue weighted by Gasteiger charge is 2.16. The van der Waals surface area contributed by atoms with Gasteiger partial charge in [-0.15, -0.1) is 0 Å². The van der Waals surface area contributed by atoms with Crippen LogP contribution in [0.3, 0.4) is 0 Å². The molecule has 2 amide bonds. The Balaban J connectivity index is 1.57. The van der Waals surface area contributed by atoms with Crippen LogP contribution in [-0.2, 0) is 11.2 Å². The lowest BCUT2D eigenvalue weighted by Gasteiger charge is -2.12. The van der Waals surface area contributed by atoms with Gasteiger partial charge in [0.2, 0.25) is 5.91 Å². The van der Waals surface area contributed by atoms with E-state index in [0.717, 1.165) is 0 Å². The Bertz CT molecular complexity index is 1260. The summed E-state index contributed by atoms with van der Waals surface area (Å²) in [6, 6.07) is 18.3. The zero-order chi connectivity index (χ0) is 21.8. The molecule has 2 N–H and O–H groups in total. The van der Waals surface area contributed by atoms with Crippen LogP contribution in [0.4, 0.5) is 4.39 Å². The second kappa shape index (κ2) is 8.89. The maximum atomic E-state index is 13.9. The van der Waals surface area contributed by atoms with Gasteiger partial charge in [0.15, 0.2) is 0 Å². The number of amides is 2. The summed E-state index contributed by atoms with van der Waals surface area (Å²) in [5, 5.41) is 0.757. The van der Waals surface area contributed by atoms with Crippen LogP contribution < -0.4 is 10.9 Å². The summed E-state index contributed by atoms with van der Waals surface area (Å²) in [5.74, 6) is -1.73. The molecule has 0 radical (unpaired) electrons. The largest absolute Gasteiger partial charge is 0.273 e. The van der Waals surface area contributed by atoms with Crippen LogP contribution in [0.15, 0.2) is 72.9 Å². The molecule has 0 atom stereocenters. The lowest BCUT2D eigenvalue weighted by Crippen LogP contribution is -2.42. The van der Waals surface area contributed by atoms with Crippen LogP contribution in [0, 0.1) is 5.82 Å². The molecular weight excluding hydrogens is 419 g/mol. The molecule has 2 aromatic heterocycles. The summed E-state index contributed by atoms with van der Waals surface area (Å²) in [7, 11) is 0. The number of para-hydroxylation sites is 1. The summed E-state index contributed by atoms with van der Waals surface area (Å²) in [6.07, 6.45) is 1.32. The number of carbonyl (C=O) groups is 2. The standard InChI is InChI=1S/C23H16ClFN4O2/c24-17-7-5-8-18(25)16(17)13-22(30)28-29-23(31)15-12-21(20-10-3-4-11-26-20)27-19-9-2-1-6-14(15)19/h1-12H,13H2,(H,28,30)(H,29,31). The van der Waals surface area contributed by atoms with Gasteiger partial charge in [-0.05, 0) is 36.4 Å². The predicted octanol–water partition coefficient (Wildman–Crippen LogP) is 4.09. The second-order valence-corrected chi connectivity index (χ2v) is 7.07. The minimum atomic E-state index is -0.608. The van der Waals surface area contributed by atoms with Gasteiger partial charge in [0.05, 0.1) is 28.9 Å². The molecular formula is C23H16ClFN4O2. The van der Waals surface area contributed by atoms with Gasteiger partial charge < -0.3 is 0 Å². The summed E-state index contributed by atoms with van der Waals surface area (Å²) in [6.45, 7) is 0. The van der Waals surface area contributed by atoms with Crippen molar-refractivity contribution in [1.29, 1.82) is 0 Å². The first-order chi connectivity index (χ1) is 15.0. The molecule has 8 heteroatoms. The highest BCUT2D eigenvalue weighted by molar-refractivity contribution is 6.31. The Morgan fingerprint density at radius 2 is 1.74 bits per heavy atom. The number of nitrogens with zero attached hydrogens (tertiary/aromatic N) is 2. The second-order valence-electron chi connectivity index (χ2n) is 6.67. The third-order valence-corrected chi connectivity index (χ3v) is 4.96. The van der Waals surface area contributed by atoms with Gasteiger partial charge in [-0.1, -0.05) is 41.9 Å². The fourth-order valence-electron chi connectivity index (χ4n) is 3.11. The minimum Gasteiger partial charge on any atom is -0.273 e. The summed E-state index contributed by atoms with van der Waals surface area (Å²) in [4.78, 5) is 33.9. The van der Waals surface area contributed by atoms with Gasteiger partial charge in [0.25, 0.3) is 5.91 Å². The highest BCUT2D eigenvalue weighted by atomic mass is 35.5. The molecule has 0 unspecified atom stereocenters. The Hall–Kier alpha value is -3.84. The van der Waals surface area contributed by atoms with E-state index in [1.54, 1.807) is 42.6 Å². The molecule has 0 saturated heterocycles. The summed E-state index contributed by atoms with van der Waals surface area (Å²) < 4.78 is 13.9. The topological polar surface area (TPSA) is 84.0 Å². The molecule has 31 heavy (non-hydrogen) atoms. The van der Waals surface area contributed by atoms with Crippen LogP contribution in [0.2, 0.25) is 5.02 Å². The van der Waals surface area contributed by atoms with Crippen molar-refractivity contribution in [1.82, 2.24) is 20.8 Å². The van der Waals surface area contributed by atoms with Crippen LogP contribution in [0.25, 0.3) is 22.3 Å². The maximum absolute atomic E-state index is 13.9. The third kappa shape index (κ3) is 4.51. The molecule has 0 fully saturated rings. The van der Waals surface area contributed by atoms with Crippen molar-refractivity contribution in [2.45, 2.75) is 6.42 Å². The van der Waals surface area contributed by atoms with Crippen molar-refractivity contribution >= 4 is 34.3 Å². The predicted molar refractivity (Wildman–Crippen MR) is 116 cm³/mol. The van der Waals surface area contributed by atoms with Crippen molar-refractivity contribution in [2.24, 2.45) is 0 Å². The average Bonchev–Trinajstić information content (AvgIpc) is 2.80. The van der Waals surface area contributed by atoms with Gasteiger partial charge in [-0.2, -0.15) is 0 Å². The fourth-order valence-corrected chi connectivity index (χ4v) is 3.34. The first-order valence-electron chi connectivity index (χ1n) is 9.36. The molecule has 2 aromatic carbocycles. The number of hydrazine groups is 1. The first kappa shape index (κ1) is 20.4. The van der Waals surface area contributed by atoms with Crippen molar-refractivity contribution in [2.75, 3.05) is 0 Å². The molecule has 154 valence electrons. The number of nitrogens with one attached hydrogen (secondary N) is 2. The number of hydrogen-bond acceptors (Lipinski definition) is 4. The molecule has 6 nitrogen and oxygen atoms in total. The Labute approximate surface area is 182 Å². The lowest BCUT2D eigenvalue weighted by atomic mass is 10.1. The van der Waals surface area contributed by atoms with Gasteiger partial charge >= 0.3 is 0 Å². The van der Waals surface area contributed by atoms with E-state index in [1.165, 1.54) is 18.2 Å². The molecule has 0 aliphatic rings. The van der Waals surface area contributed by atoms with Gasteiger partial charge in [0, 0.05) is 22.2 Å². The average molecular weight is 435 g/mol. The lowest BCUT2D eigenvalue weighted by molar-refractivity contribution is -0.121. The SMILES string of the molecule is O=C(Cc1c(F)cccc1Cl)NNC(=O)c1cc(-c2ccccn2)nc2ccccc12. The molecule has 0 spiro atoms. The van der Waals surface area contributed by atoms with E-state index in [0.29, 0.717) is 27.9 Å². The van der Waals surface area contributed by atoms with E-state index in [1.807, 2.05) is 12.1 Å². The summed E-state index contributed by atoms with van der Waals surface area (Å²) in [5.41, 5.74) is 6.80. The number of carbonyl (C=O) groups excluding carboxylic acids is 2. The van der Waals surface area contributed by atoms with E-state index in [-0.39, 0.29) is 17.0 Å². The van der Waals surface area contributed by atoms with Crippen molar-refractivity contribution < 1.29 is 14.0 Å². The normalized spacial score (nSPS) is 10.6. The van der Waals surface area contributed by atoms with E-state index >= 15 is 0 Å². The van der Waals surface area contributed by atoms with Crippen LogP contribution in [0.5, 0.6) is 0 Å². The number of benzene rings is 2. The first-order valence-corrected chi connectivity index (χ1v) is 9.74. The van der Waals surface area contributed by atoms with Crippen LogP contribution in [-0.4, -0.2) is 21.8 Å². The van der Waals surface area contributed by atoms with E-state index < -0.39 is 17.6 Å². The molecule has 4 rings (SSSR count). The summed E-state index contributed by atoms with van der Waals surface area (Å²) >= 11 is 5.95. The Morgan fingerprint density at radius 1 is 0.935 bits per heavy atom. The number of rotatable bonds is 4. The van der Waals surface area contributed by atoms with E-state index in [9.17, 15) is 14.0 Å². The Morgan fingerprint density at radius 3 is 2.52 bits per heavy atom. The number of hydrogen-bond donors (Lipinski definition) is 2. The smallest absolute Gasteiger partial charge is 0.270 e. The molecule has 0 bridgehead atoms. The van der Waals surface area contributed by atoms with Gasteiger partial charge in [-0.3, -0.25) is 25.4 Å². The minimum absolute atomic E-state index is 0.0581. The zero-order valence-electron chi connectivity index (χ0n) is 16.1. The van der Waals surface area contributed by atoms with Gasteiger partial charge in [0.1, 0.15) is 5.82 Å². The van der Waals surface area contributed by atoms with Gasteiger partial charge in [-0.25, -0.2) is 9.37 Å². The Kier molecular flexibility index (Phi) is 5.86. The third-order valence-electron chi connectivity index (χ3n) is 4.60. The number of halogens is 2. The van der Waals surface area contributed by atoms with E-state index in [2.05, 4.69) is 20.8 Å². The quantitative estimate of drug-likeness (QED) is 0.474. The van der Waals surface area contributed by atoms with Crippen molar-refractivity contribution in [3.63, 3.8) is 0 Å².